The average molecular weight is 761 g/mol. The molecule has 0 aliphatic carbocycles. The van der Waals surface area contributed by atoms with Gasteiger partial charge in [-0.3, -0.25) is 9.36 Å². The fourth-order valence-corrected chi connectivity index (χ4v) is 7.22. The third kappa shape index (κ3) is 6.04. The summed E-state index contributed by atoms with van der Waals surface area (Å²) in [7, 11) is 0. The number of halogens is 3. The Labute approximate surface area is 250 Å². The summed E-state index contributed by atoms with van der Waals surface area (Å²) in [4.78, 5) is 32.1. The molecule has 0 amide bonds. The Morgan fingerprint density at radius 3 is 2.49 bits per heavy atom. The van der Waals surface area contributed by atoms with Crippen LogP contribution in [0.3, 0.4) is 0 Å². The molecule has 37 heavy (non-hydrogen) atoms. The van der Waals surface area contributed by atoms with Gasteiger partial charge in [0, 0.05) is 5.02 Å². The van der Waals surface area contributed by atoms with Gasteiger partial charge in [-0.05, 0) is 107 Å². The van der Waals surface area contributed by atoms with Crippen LogP contribution in [-0.2, 0) is 9.53 Å². The largest absolute Gasteiger partial charge is 0.487 e. The minimum Gasteiger partial charge on any atom is -0.487 e. The van der Waals surface area contributed by atoms with Crippen LogP contribution in [0.15, 0.2) is 70.1 Å². The minimum atomic E-state index is -0.683. The maximum absolute atomic E-state index is 13.8. The van der Waals surface area contributed by atoms with Gasteiger partial charge in [0.15, 0.2) is 4.80 Å². The molecule has 192 valence electrons. The van der Waals surface area contributed by atoms with Crippen LogP contribution < -0.4 is 19.6 Å². The molecule has 2 heterocycles. The number of hydrogen-bond donors (Lipinski definition) is 0. The van der Waals surface area contributed by atoms with Crippen molar-refractivity contribution in [2.24, 2.45) is 4.99 Å². The maximum atomic E-state index is 13.8. The molecule has 0 saturated carbocycles. The lowest BCUT2D eigenvalue weighted by Crippen LogP contribution is -2.40. The van der Waals surface area contributed by atoms with Crippen molar-refractivity contribution < 1.29 is 14.3 Å². The summed E-state index contributed by atoms with van der Waals surface area (Å²) in [5.41, 5.74) is 2.23. The number of allylic oxidation sites excluding steroid dienone is 1. The van der Waals surface area contributed by atoms with Crippen LogP contribution >= 0.6 is 68.1 Å². The number of thiazole rings is 1. The highest BCUT2D eigenvalue weighted by molar-refractivity contribution is 14.1. The van der Waals surface area contributed by atoms with E-state index >= 15 is 0 Å². The second kappa shape index (κ2) is 11.8. The summed E-state index contributed by atoms with van der Waals surface area (Å²) >= 11 is 11.9. The first-order chi connectivity index (χ1) is 17.6. The van der Waals surface area contributed by atoms with Gasteiger partial charge in [-0.25, -0.2) is 9.79 Å². The van der Waals surface area contributed by atoms with E-state index in [9.17, 15) is 9.59 Å². The van der Waals surface area contributed by atoms with Gasteiger partial charge in [0.05, 0.1) is 35.1 Å². The highest BCUT2D eigenvalue weighted by Crippen LogP contribution is 2.32. The lowest BCUT2D eigenvalue weighted by atomic mass is 9.96. The molecular formula is C27H23ClI2N2O4S. The number of carbonyl (C=O) groups is 1. The molecule has 10 heteroatoms. The summed E-state index contributed by atoms with van der Waals surface area (Å²) in [6.07, 6.45) is 3.23. The Bertz CT molecular complexity index is 1570. The van der Waals surface area contributed by atoms with Crippen LogP contribution in [0, 0.1) is 7.14 Å². The lowest BCUT2D eigenvalue weighted by molar-refractivity contribution is -0.143. The zero-order valence-corrected chi connectivity index (χ0v) is 26.1. The number of carbonyl (C=O) groups excluding carboxylic acids is 1. The van der Waals surface area contributed by atoms with Crippen molar-refractivity contribution in [3.8, 4) is 5.75 Å². The monoisotopic (exact) mass is 760 g/mol. The zero-order valence-electron chi connectivity index (χ0n) is 20.3. The Morgan fingerprint density at radius 2 is 1.89 bits per heavy atom. The van der Waals surface area contributed by atoms with Gasteiger partial charge in [0.2, 0.25) is 0 Å². The van der Waals surface area contributed by atoms with Gasteiger partial charge in [-0.2, -0.15) is 0 Å². The van der Waals surface area contributed by atoms with E-state index in [1.807, 2.05) is 30.3 Å². The van der Waals surface area contributed by atoms with Crippen molar-refractivity contribution in [2.45, 2.75) is 32.9 Å². The fraction of sp³-hybridized carbons (Fsp3) is 0.222. The number of esters is 1. The number of benzene rings is 2. The molecule has 0 N–H and O–H groups in total. The van der Waals surface area contributed by atoms with Crippen molar-refractivity contribution >= 4 is 80.2 Å². The van der Waals surface area contributed by atoms with Crippen LogP contribution in [0.4, 0.5) is 0 Å². The van der Waals surface area contributed by atoms with Crippen LogP contribution in [-0.4, -0.2) is 23.2 Å². The summed E-state index contributed by atoms with van der Waals surface area (Å²) < 4.78 is 15.2. The third-order valence-electron chi connectivity index (χ3n) is 5.43. The predicted molar refractivity (Wildman–Crippen MR) is 164 cm³/mol. The van der Waals surface area contributed by atoms with E-state index in [4.69, 9.17) is 21.1 Å². The van der Waals surface area contributed by atoms with E-state index in [1.54, 1.807) is 43.5 Å². The van der Waals surface area contributed by atoms with Gasteiger partial charge in [-0.1, -0.05) is 47.7 Å². The summed E-state index contributed by atoms with van der Waals surface area (Å²) in [5, 5.41) is 0.563. The molecule has 4 rings (SSSR count). The van der Waals surface area contributed by atoms with Gasteiger partial charge in [-0.15, -0.1) is 0 Å². The Morgan fingerprint density at radius 1 is 1.24 bits per heavy atom. The first kappa shape index (κ1) is 28.1. The minimum absolute atomic E-state index is 0.233. The maximum Gasteiger partial charge on any atom is 0.338 e. The molecule has 3 aromatic rings. The molecule has 6 nitrogen and oxygen atoms in total. The molecule has 1 aliphatic rings. The zero-order chi connectivity index (χ0) is 26.9. The molecule has 1 atom stereocenters. The number of ether oxygens (including phenoxy) is 2. The van der Waals surface area contributed by atoms with E-state index in [2.05, 4.69) is 56.8 Å². The smallest absolute Gasteiger partial charge is 0.338 e. The Hall–Kier alpha value is -1.96. The van der Waals surface area contributed by atoms with Crippen LogP contribution in [0.1, 0.15) is 37.9 Å². The quantitative estimate of drug-likeness (QED) is 0.179. The first-order valence-corrected chi connectivity index (χ1v) is 14.7. The molecule has 0 fully saturated rings. The Balaban J connectivity index is 1.89. The van der Waals surface area contributed by atoms with E-state index < -0.39 is 12.0 Å². The summed E-state index contributed by atoms with van der Waals surface area (Å²) in [6, 6.07) is 10.4. The fourth-order valence-electron chi connectivity index (χ4n) is 3.92. The van der Waals surface area contributed by atoms with Crippen LogP contribution in [0.25, 0.3) is 6.08 Å². The van der Waals surface area contributed by atoms with Gasteiger partial charge in [0.1, 0.15) is 12.4 Å². The van der Waals surface area contributed by atoms with E-state index in [1.165, 1.54) is 11.3 Å². The molecular weight excluding hydrogens is 738 g/mol. The number of nitrogens with zero attached hydrogens (tertiary/aromatic N) is 2. The van der Waals surface area contributed by atoms with E-state index in [-0.39, 0.29) is 11.7 Å². The summed E-state index contributed by atoms with van der Waals surface area (Å²) in [6.45, 7) is 9.45. The van der Waals surface area contributed by atoms with Crippen molar-refractivity contribution in [3.63, 3.8) is 0 Å². The standard InChI is InChI=1S/C27H23ClI2N2O4S/c1-5-10-35-24-19(29)11-16(12-20(24)30)13-21-25(33)32-23(17-6-8-18(28)9-7-17)22(26(34)36-14(2)3)15(4)31-27(32)37-21/h5-9,11-14,23H,1,10H2,2-4H3/b21-13-. The van der Waals surface area contributed by atoms with Crippen molar-refractivity contribution in [1.29, 1.82) is 0 Å². The number of hydrogen-bond acceptors (Lipinski definition) is 6. The average Bonchev–Trinajstić information content (AvgIpc) is 3.12. The Kier molecular flexibility index (Phi) is 8.97. The predicted octanol–water partition coefficient (Wildman–Crippen LogP) is 5.61. The second-order valence-corrected chi connectivity index (χ2v) is 12.3. The van der Waals surface area contributed by atoms with Gasteiger partial charge >= 0.3 is 5.97 Å². The molecule has 0 saturated heterocycles. The van der Waals surface area contributed by atoms with E-state index in [0.717, 1.165) is 24.0 Å². The molecule has 0 bridgehead atoms. The number of fused-ring (bicyclic) bond motifs is 1. The molecule has 1 aromatic heterocycles. The SMILES string of the molecule is C=CCOc1c(I)cc(/C=c2\sc3n(c2=O)C(c2ccc(Cl)cc2)C(C(=O)OC(C)C)=C(C)N=3)cc1I. The first-order valence-electron chi connectivity index (χ1n) is 11.3. The second-order valence-electron chi connectivity index (χ2n) is 8.50. The van der Waals surface area contributed by atoms with Crippen LogP contribution in [0.5, 0.6) is 5.75 Å². The van der Waals surface area contributed by atoms with Crippen molar-refractivity contribution in [3.05, 3.63) is 103 Å². The third-order valence-corrected chi connectivity index (χ3v) is 8.27. The molecule has 1 unspecified atom stereocenters. The molecule has 0 spiro atoms. The molecule has 1 aliphatic heterocycles. The highest BCUT2D eigenvalue weighted by Gasteiger charge is 2.33. The lowest BCUT2D eigenvalue weighted by Gasteiger charge is -2.25. The number of aromatic nitrogens is 1. The van der Waals surface area contributed by atoms with Crippen molar-refractivity contribution in [2.75, 3.05) is 6.61 Å². The van der Waals surface area contributed by atoms with Crippen LogP contribution in [0.2, 0.25) is 5.02 Å². The molecule has 0 radical (unpaired) electrons. The highest BCUT2D eigenvalue weighted by atomic mass is 127. The topological polar surface area (TPSA) is 69.9 Å². The number of rotatable bonds is 7. The normalized spacial score (nSPS) is 15.4. The molecule has 2 aromatic carbocycles. The van der Waals surface area contributed by atoms with Gasteiger partial charge in [0.25, 0.3) is 5.56 Å². The van der Waals surface area contributed by atoms with Gasteiger partial charge < -0.3 is 9.47 Å². The van der Waals surface area contributed by atoms with Crippen molar-refractivity contribution in [1.82, 2.24) is 4.57 Å². The summed E-state index contributed by atoms with van der Waals surface area (Å²) in [5.74, 6) is 0.288. The van der Waals surface area contributed by atoms with E-state index in [0.29, 0.717) is 32.2 Å².